The summed E-state index contributed by atoms with van der Waals surface area (Å²) in [6.07, 6.45) is 6.79. The van der Waals surface area contributed by atoms with Crippen molar-refractivity contribution in [2.24, 2.45) is 0 Å². The number of carbonyl (C=O) groups excluding carboxylic acids is 2. The molecule has 2 amide bonds. The van der Waals surface area contributed by atoms with Gasteiger partial charge in [-0.15, -0.1) is 0 Å². The van der Waals surface area contributed by atoms with E-state index in [-0.39, 0.29) is 29.2 Å². The van der Waals surface area contributed by atoms with Crippen molar-refractivity contribution in [1.82, 2.24) is 10.3 Å². The van der Waals surface area contributed by atoms with E-state index in [1.54, 1.807) is 18.2 Å². The summed E-state index contributed by atoms with van der Waals surface area (Å²) in [4.78, 5) is 29.5. The Hall–Kier alpha value is -2.69. The Labute approximate surface area is 160 Å². The molecule has 1 heterocycles. The number of benzene rings is 1. The fourth-order valence-corrected chi connectivity index (χ4v) is 3.56. The van der Waals surface area contributed by atoms with Crippen molar-refractivity contribution >= 4 is 17.5 Å². The van der Waals surface area contributed by atoms with Crippen LogP contribution >= 0.6 is 0 Å². The van der Waals surface area contributed by atoms with Gasteiger partial charge in [0, 0.05) is 11.7 Å². The molecule has 142 valence electrons. The monoisotopic (exact) mass is 365 g/mol. The lowest BCUT2D eigenvalue weighted by Crippen LogP contribution is -2.35. The maximum absolute atomic E-state index is 12.6. The molecule has 0 atom stereocenters. The number of hydrogen-bond donors (Lipinski definition) is 2. The van der Waals surface area contributed by atoms with Gasteiger partial charge in [-0.1, -0.05) is 49.9 Å². The molecule has 0 spiro atoms. The van der Waals surface area contributed by atoms with E-state index < -0.39 is 0 Å². The quantitative estimate of drug-likeness (QED) is 0.789. The van der Waals surface area contributed by atoms with Crippen molar-refractivity contribution in [3.8, 4) is 0 Å². The van der Waals surface area contributed by atoms with Crippen LogP contribution in [0.2, 0.25) is 0 Å². The minimum atomic E-state index is -0.309. The van der Waals surface area contributed by atoms with E-state index in [0.717, 1.165) is 42.5 Å². The highest BCUT2D eigenvalue weighted by Crippen LogP contribution is 2.20. The first-order valence-corrected chi connectivity index (χ1v) is 9.70. The lowest BCUT2D eigenvalue weighted by Gasteiger charge is -2.16. The molecule has 3 rings (SSSR count). The number of pyridine rings is 1. The van der Waals surface area contributed by atoms with Gasteiger partial charge in [-0.2, -0.15) is 0 Å². The third-order valence-electron chi connectivity index (χ3n) is 5.12. The van der Waals surface area contributed by atoms with E-state index >= 15 is 0 Å². The maximum Gasteiger partial charge on any atom is 0.274 e. The molecule has 0 bridgehead atoms. The molecule has 0 aliphatic heterocycles. The number of amides is 2. The lowest BCUT2D eigenvalue weighted by molar-refractivity contribution is 0.0928. The third kappa shape index (κ3) is 4.94. The SMILES string of the molecule is Cc1cccc(C)c1NC(=O)c1cccc(C(=O)NC2CCCCCC2)n1. The zero-order valence-corrected chi connectivity index (χ0v) is 16.0. The van der Waals surface area contributed by atoms with Crippen LogP contribution < -0.4 is 10.6 Å². The molecule has 5 nitrogen and oxygen atoms in total. The Bertz CT molecular complexity index is 804. The van der Waals surface area contributed by atoms with E-state index in [2.05, 4.69) is 15.6 Å². The van der Waals surface area contributed by atoms with Crippen LogP contribution in [0.3, 0.4) is 0 Å². The normalized spacial score (nSPS) is 15.0. The summed E-state index contributed by atoms with van der Waals surface area (Å²) in [6, 6.07) is 11.0. The van der Waals surface area contributed by atoms with Crippen molar-refractivity contribution in [2.45, 2.75) is 58.4 Å². The van der Waals surface area contributed by atoms with Crippen LogP contribution in [0.5, 0.6) is 0 Å². The molecule has 1 aliphatic rings. The predicted molar refractivity (Wildman–Crippen MR) is 107 cm³/mol. The molecule has 0 radical (unpaired) electrons. The molecule has 5 heteroatoms. The Morgan fingerprint density at radius 3 is 2.04 bits per heavy atom. The molecule has 1 saturated carbocycles. The van der Waals surface area contributed by atoms with Crippen molar-refractivity contribution in [3.63, 3.8) is 0 Å². The topological polar surface area (TPSA) is 71.1 Å². The van der Waals surface area contributed by atoms with Crippen LogP contribution in [0.4, 0.5) is 5.69 Å². The third-order valence-corrected chi connectivity index (χ3v) is 5.12. The van der Waals surface area contributed by atoms with Crippen LogP contribution in [0.25, 0.3) is 0 Å². The number of rotatable bonds is 4. The van der Waals surface area contributed by atoms with Crippen molar-refractivity contribution in [3.05, 3.63) is 58.9 Å². The second kappa shape index (κ2) is 8.80. The summed E-state index contributed by atoms with van der Waals surface area (Å²) in [6.45, 7) is 3.90. The zero-order chi connectivity index (χ0) is 19.2. The van der Waals surface area contributed by atoms with Gasteiger partial charge in [0.1, 0.15) is 11.4 Å². The van der Waals surface area contributed by atoms with E-state index in [4.69, 9.17) is 0 Å². The Morgan fingerprint density at radius 2 is 1.41 bits per heavy atom. The number of nitrogens with zero attached hydrogens (tertiary/aromatic N) is 1. The van der Waals surface area contributed by atoms with Gasteiger partial charge in [0.25, 0.3) is 11.8 Å². The largest absolute Gasteiger partial charge is 0.348 e. The van der Waals surface area contributed by atoms with Crippen LogP contribution in [0.15, 0.2) is 36.4 Å². The highest BCUT2D eigenvalue weighted by atomic mass is 16.2. The lowest BCUT2D eigenvalue weighted by atomic mass is 10.1. The molecular formula is C22H27N3O2. The van der Waals surface area contributed by atoms with E-state index in [1.807, 2.05) is 32.0 Å². The van der Waals surface area contributed by atoms with E-state index in [9.17, 15) is 9.59 Å². The van der Waals surface area contributed by atoms with Crippen LogP contribution in [0.1, 0.15) is 70.6 Å². The van der Waals surface area contributed by atoms with Gasteiger partial charge in [0.15, 0.2) is 0 Å². The van der Waals surface area contributed by atoms with Gasteiger partial charge in [0.05, 0.1) is 0 Å². The number of aryl methyl sites for hydroxylation is 2. The first-order chi connectivity index (χ1) is 13.0. The molecule has 1 aliphatic carbocycles. The van der Waals surface area contributed by atoms with Gasteiger partial charge in [-0.25, -0.2) is 4.98 Å². The average molecular weight is 365 g/mol. The molecule has 2 aromatic rings. The molecule has 1 aromatic heterocycles. The van der Waals surface area contributed by atoms with Gasteiger partial charge in [-0.3, -0.25) is 9.59 Å². The molecule has 0 unspecified atom stereocenters. The second-order valence-corrected chi connectivity index (χ2v) is 7.29. The van der Waals surface area contributed by atoms with Gasteiger partial charge in [-0.05, 0) is 49.9 Å². The standard InChI is InChI=1S/C22H27N3O2/c1-15-9-7-10-16(2)20(15)25-22(27)19-14-8-13-18(24-19)21(26)23-17-11-5-3-4-6-12-17/h7-10,13-14,17H,3-6,11-12H2,1-2H3,(H,23,26)(H,25,27). The molecular weight excluding hydrogens is 338 g/mol. The minimum absolute atomic E-state index is 0.203. The first kappa shape index (κ1) is 19.1. The summed E-state index contributed by atoms with van der Waals surface area (Å²) in [5.74, 6) is -0.514. The molecule has 27 heavy (non-hydrogen) atoms. The second-order valence-electron chi connectivity index (χ2n) is 7.29. The summed E-state index contributed by atoms with van der Waals surface area (Å²) in [7, 11) is 0. The van der Waals surface area contributed by atoms with Crippen LogP contribution in [-0.4, -0.2) is 22.8 Å². The fraction of sp³-hybridized carbons (Fsp3) is 0.409. The van der Waals surface area contributed by atoms with Crippen molar-refractivity contribution in [2.75, 3.05) is 5.32 Å². The first-order valence-electron chi connectivity index (χ1n) is 9.70. The number of nitrogens with one attached hydrogen (secondary N) is 2. The number of para-hydroxylation sites is 1. The van der Waals surface area contributed by atoms with Crippen LogP contribution in [-0.2, 0) is 0 Å². The molecule has 1 fully saturated rings. The van der Waals surface area contributed by atoms with Crippen molar-refractivity contribution in [1.29, 1.82) is 0 Å². The van der Waals surface area contributed by atoms with Gasteiger partial charge < -0.3 is 10.6 Å². The van der Waals surface area contributed by atoms with Crippen LogP contribution in [0, 0.1) is 13.8 Å². The summed E-state index contributed by atoms with van der Waals surface area (Å²) < 4.78 is 0. The molecule has 1 aromatic carbocycles. The highest BCUT2D eigenvalue weighted by Gasteiger charge is 2.18. The maximum atomic E-state index is 12.6. The summed E-state index contributed by atoms with van der Waals surface area (Å²) in [5, 5.41) is 5.99. The van der Waals surface area contributed by atoms with E-state index in [0.29, 0.717) is 0 Å². The Balaban J connectivity index is 1.70. The zero-order valence-electron chi connectivity index (χ0n) is 16.0. The summed E-state index contributed by atoms with van der Waals surface area (Å²) in [5.41, 5.74) is 3.30. The number of aromatic nitrogens is 1. The fourth-order valence-electron chi connectivity index (χ4n) is 3.56. The Morgan fingerprint density at radius 1 is 0.852 bits per heavy atom. The smallest absolute Gasteiger partial charge is 0.274 e. The molecule has 2 N–H and O–H groups in total. The number of hydrogen-bond acceptors (Lipinski definition) is 3. The van der Waals surface area contributed by atoms with E-state index in [1.165, 1.54) is 12.8 Å². The van der Waals surface area contributed by atoms with Gasteiger partial charge >= 0.3 is 0 Å². The summed E-state index contributed by atoms with van der Waals surface area (Å²) >= 11 is 0. The van der Waals surface area contributed by atoms with Crippen molar-refractivity contribution < 1.29 is 9.59 Å². The highest BCUT2D eigenvalue weighted by molar-refractivity contribution is 6.04. The Kier molecular flexibility index (Phi) is 6.22. The predicted octanol–water partition coefficient (Wildman–Crippen LogP) is 4.40. The minimum Gasteiger partial charge on any atom is -0.348 e. The number of anilines is 1. The van der Waals surface area contributed by atoms with Gasteiger partial charge in [0.2, 0.25) is 0 Å². The average Bonchev–Trinajstić information content (AvgIpc) is 2.93. The number of carbonyl (C=O) groups is 2. The molecule has 0 saturated heterocycles.